The average molecular weight is 561 g/mol. The lowest BCUT2D eigenvalue weighted by molar-refractivity contribution is -0.209. The first-order valence-corrected chi connectivity index (χ1v) is 12.5. The van der Waals surface area contributed by atoms with Crippen molar-refractivity contribution in [2.75, 3.05) is 11.9 Å². The van der Waals surface area contributed by atoms with E-state index in [9.17, 15) is 23.1 Å². The first-order chi connectivity index (χ1) is 18.6. The molecule has 4 N–H and O–H groups in total. The van der Waals surface area contributed by atoms with Crippen LogP contribution in [-0.4, -0.2) is 61.6 Å². The molecule has 39 heavy (non-hydrogen) atoms. The number of esters is 1. The van der Waals surface area contributed by atoms with Gasteiger partial charge in [0.25, 0.3) is 0 Å². The average Bonchev–Trinajstić information content (AvgIpc) is 3.45. The van der Waals surface area contributed by atoms with Gasteiger partial charge in [0.2, 0.25) is 5.28 Å². The van der Waals surface area contributed by atoms with E-state index in [4.69, 9.17) is 17.3 Å². The van der Waals surface area contributed by atoms with Crippen molar-refractivity contribution in [2.24, 2.45) is 5.73 Å². The number of nitrogens with two attached hydrogens (primary N) is 1. The highest BCUT2D eigenvalue weighted by Crippen LogP contribution is 2.37. The van der Waals surface area contributed by atoms with Crippen LogP contribution in [0.4, 0.5) is 19.0 Å². The molecule has 13 heteroatoms. The number of carbonyl (C=O) groups excluding carboxylic acids is 1. The number of rotatable bonds is 7. The number of nitrogens with one attached hydrogen (secondary N) is 1. The van der Waals surface area contributed by atoms with Crippen molar-refractivity contribution >= 4 is 34.6 Å². The molecule has 0 saturated heterocycles. The van der Waals surface area contributed by atoms with Gasteiger partial charge in [-0.1, -0.05) is 60.7 Å². The van der Waals surface area contributed by atoms with E-state index in [0.29, 0.717) is 17.9 Å². The lowest BCUT2D eigenvalue weighted by atomic mass is 9.91. The van der Waals surface area contributed by atoms with Gasteiger partial charge in [-0.05, 0) is 29.1 Å². The first-order valence-electron chi connectivity index (χ1n) is 12.1. The Balaban J connectivity index is 1.46. The molecular weight excluding hydrogens is 537 g/mol. The minimum atomic E-state index is -5.23. The highest BCUT2D eigenvalue weighted by atomic mass is 35.5. The van der Waals surface area contributed by atoms with E-state index in [2.05, 4.69) is 25.0 Å². The predicted molar refractivity (Wildman–Crippen MR) is 137 cm³/mol. The van der Waals surface area contributed by atoms with E-state index in [1.165, 1.54) is 10.9 Å². The number of aromatic nitrogens is 4. The van der Waals surface area contributed by atoms with Crippen molar-refractivity contribution in [2.45, 2.75) is 42.8 Å². The molecule has 1 aliphatic carbocycles. The molecule has 0 radical (unpaired) electrons. The summed E-state index contributed by atoms with van der Waals surface area (Å²) in [6, 6.07) is 17.9. The monoisotopic (exact) mass is 560 g/mol. The molecule has 0 spiro atoms. The summed E-state index contributed by atoms with van der Waals surface area (Å²) in [6.07, 6.45) is -6.98. The summed E-state index contributed by atoms with van der Waals surface area (Å²) in [5.41, 5.74) is 8.55. The van der Waals surface area contributed by atoms with Gasteiger partial charge < -0.3 is 25.5 Å². The van der Waals surface area contributed by atoms with Crippen molar-refractivity contribution in [1.82, 2.24) is 19.5 Å². The second-order valence-corrected chi connectivity index (χ2v) is 9.58. The minimum absolute atomic E-state index is 0.0108. The maximum atomic E-state index is 12.9. The lowest BCUT2D eigenvalue weighted by Gasteiger charge is -2.24. The molecule has 0 unspecified atom stereocenters. The largest absolute Gasteiger partial charge is 0.490 e. The Morgan fingerprint density at radius 3 is 2.33 bits per heavy atom. The molecule has 2 aromatic carbocycles. The third-order valence-electron chi connectivity index (χ3n) is 6.77. The zero-order valence-corrected chi connectivity index (χ0v) is 21.0. The SMILES string of the molecule is N[C@H]1C[C@@H](n2cnc3c(NCC(c4ccccc4)c4ccccc4)nc(Cl)nc32)[C@H](OC(=O)C(F)(F)F)[C@@H]1O. The normalized spacial score (nSPS) is 21.4. The highest BCUT2D eigenvalue weighted by Gasteiger charge is 2.50. The van der Waals surface area contributed by atoms with E-state index in [1.807, 2.05) is 60.7 Å². The smallest absolute Gasteiger partial charge is 0.451 e. The van der Waals surface area contributed by atoms with Crippen LogP contribution in [0.3, 0.4) is 0 Å². The molecule has 9 nitrogen and oxygen atoms in total. The number of aliphatic hydroxyl groups excluding tert-OH is 1. The molecule has 0 amide bonds. The van der Waals surface area contributed by atoms with E-state index >= 15 is 0 Å². The van der Waals surface area contributed by atoms with Crippen molar-refractivity contribution < 1.29 is 27.8 Å². The van der Waals surface area contributed by atoms with E-state index in [0.717, 1.165) is 11.1 Å². The van der Waals surface area contributed by atoms with Crippen LogP contribution in [0.5, 0.6) is 0 Å². The van der Waals surface area contributed by atoms with Crippen LogP contribution >= 0.6 is 11.6 Å². The third-order valence-corrected chi connectivity index (χ3v) is 6.94. The molecule has 2 aromatic heterocycles. The second kappa shape index (κ2) is 10.8. The molecule has 0 aliphatic heterocycles. The fourth-order valence-electron chi connectivity index (χ4n) is 4.89. The van der Waals surface area contributed by atoms with E-state index < -0.39 is 36.4 Å². The lowest BCUT2D eigenvalue weighted by Crippen LogP contribution is -2.41. The predicted octanol–water partition coefficient (Wildman–Crippen LogP) is 3.83. The summed E-state index contributed by atoms with van der Waals surface area (Å²) in [6.45, 7) is 0.419. The highest BCUT2D eigenvalue weighted by molar-refractivity contribution is 6.28. The Labute approximate surface area is 225 Å². The summed E-state index contributed by atoms with van der Waals surface area (Å²) in [5, 5.41) is 13.6. The molecule has 1 fully saturated rings. The number of fused-ring (bicyclic) bond motifs is 1. The number of hydrogen-bond acceptors (Lipinski definition) is 8. The summed E-state index contributed by atoms with van der Waals surface area (Å²) < 4.78 is 44.7. The number of anilines is 1. The zero-order chi connectivity index (χ0) is 27.7. The fraction of sp³-hybridized carbons (Fsp3) is 0.308. The third kappa shape index (κ3) is 5.54. The Bertz CT molecular complexity index is 1410. The van der Waals surface area contributed by atoms with Crippen LogP contribution in [0.2, 0.25) is 5.28 Å². The maximum Gasteiger partial charge on any atom is 0.490 e. The van der Waals surface area contributed by atoms with Gasteiger partial charge in [-0.15, -0.1) is 0 Å². The number of hydrogen-bond donors (Lipinski definition) is 3. The summed E-state index contributed by atoms with van der Waals surface area (Å²) in [5.74, 6) is -2.15. The number of ether oxygens (including phenoxy) is 1. The number of imidazole rings is 1. The Kier molecular flexibility index (Phi) is 7.43. The molecule has 1 saturated carbocycles. The molecule has 4 atom stereocenters. The van der Waals surface area contributed by atoms with Crippen molar-refractivity contribution in [1.29, 1.82) is 0 Å². The number of carbonyl (C=O) groups is 1. The standard InChI is InChI=1S/C26H24ClF3N6O3/c27-25-34-22(32-12-16(14-7-3-1-4-8-14)15-9-5-2-6-10-15)19-23(35-25)36(13-33-19)18-11-17(31)20(37)21(18)39-24(38)26(28,29)30/h1-10,13,16-18,20-21,37H,11-12,31H2,(H,32,34,35)/t17-,18+,20+,21-/m0/s1. The van der Waals surface area contributed by atoms with Crippen LogP contribution in [-0.2, 0) is 9.53 Å². The Hall–Kier alpha value is -3.74. The summed E-state index contributed by atoms with van der Waals surface area (Å²) >= 11 is 6.24. The van der Waals surface area contributed by atoms with Crippen molar-refractivity contribution in [3.63, 3.8) is 0 Å². The zero-order valence-electron chi connectivity index (χ0n) is 20.3. The second-order valence-electron chi connectivity index (χ2n) is 9.25. The fourth-order valence-corrected chi connectivity index (χ4v) is 5.05. The van der Waals surface area contributed by atoms with Gasteiger partial charge >= 0.3 is 12.1 Å². The van der Waals surface area contributed by atoms with Crippen LogP contribution < -0.4 is 11.1 Å². The van der Waals surface area contributed by atoms with Crippen LogP contribution in [0.1, 0.15) is 29.5 Å². The molecule has 5 rings (SSSR count). The summed E-state index contributed by atoms with van der Waals surface area (Å²) in [4.78, 5) is 24.4. The molecule has 0 bridgehead atoms. The van der Waals surface area contributed by atoms with Gasteiger partial charge in [0.15, 0.2) is 23.1 Å². The minimum Gasteiger partial charge on any atom is -0.451 e. The Morgan fingerprint density at radius 1 is 1.13 bits per heavy atom. The van der Waals surface area contributed by atoms with Crippen LogP contribution in [0.25, 0.3) is 11.2 Å². The molecule has 1 aliphatic rings. The number of alkyl halides is 3. The maximum absolute atomic E-state index is 12.9. The number of halogens is 4. The first kappa shape index (κ1) is 26.9. The van der Waals surface area contributed by atoms with Gasteiger partial charge in [-0.25, -0.2) is 9.78 Å². The van der Waals surface area contributed by atoms with Gasteiger partial charge in [0, 0.05) is 18.5 Å². The number of benzene rings is 2. The van der Waals surface area contributed by atoms with Crippen molar-refractivity contribution in [3.8, 4) is 0 Å². The molecular formula is C26H24ClF3N6O3. The van der Waals surface area contributed by atoms with Gasteiger partial charge in [0.05, 0.1) is 12.4 Å². The van der Waals surface area contributed by atoms with Crippen LogP contribution in [0.15, 0.2) is 67.0 Å². The molecule has 4 aromatic rings. The van der Waals surface area contributed by atoms with Crippen LogP contribution in [0, 0.1) is 0 Å². The van der Waals surface area contributed by atoms with E-state index in [-0.39, 0.29) is 23.3 Å². The topological polar surface area (TPSA) is 128 Å². The van der Waals surface area contributed by atoms with Crippen molar-refractivity contribution in [3.05, 3.63) is 83.4 Å². The Morgan fingerprint density at radius 2 is 1.74 bits per heavy atom. The number of nitrogens with zero attached hydrogens (tertiary/aromatic N) is 4. The summed E-state index contributed by atoms with van der Waals surface area (Å²) in [7, 11) is 0. The molecule has 2 heterocycles. The van der Waals surface area contributed by atoms with Gasteiger partial charge in [-0.3, -0.25) is 0 Å². The van der Waals surface area contributed by atoms with E-state index in [1.54, 1.807) is 0 Å². The quantitative estimate of drug-likeness (QED) is 0.230. The van der Waals surface area contributed by atoms with Gasteiger partial charge in [0.1, 0.15) is 6.10 Å². The molecule has 204 valence electrons. The van der Waals surface area contributed by atoms with Gasteiger partial charge in [-0.2, -0.15) is 23.1 Å². The number of aliphatic hydroxyl groups is 1.